The molecular formula is C30H32N4O. The normalized spacial score (nSPS) is 14.5. The molecule has 1 amide bonds. The average molecular weight is 465 g/mol. The molecule has 0 unspecified atom stereocenters. The molecule has 5 nitrogen and oxygen atoms in total. The SMILES string of the molecule is O=C(/C=C/c1ccc(-n2cc(CCN3CCCCC3)c3ccccc32)cc1)NCc1cccnc1. The van der Waals surface area contributed by atoms with Crippen molar-refractivity contribution in [2.24, 2.45) is 0 Å². The highest BCUT2D eigenvalue weighted by molar-refractivity contribution is 5.91. The van der Waals surface area contributed by atoms with E-state index in [0.29, 0.717) is 6.54 Å². The summed E-state index contributed by atoms with van der Waals surface area (Å²) in [5.41, 5.74) is 5.74. The minimum atomic E-state index is -0.118. The fourth-order valence-electron chi connectivity index (χ4n) is 4.79. The van der Waals surface area contributed by atoms with Crippen molar-refractivity contribution in [3.05, 3.63) is 102 Å². The van der Waals surface area contributed by atoms with Gasteiger partial charge in [-0.3, -0.25) is 9.78 Å². The standard InChI is InChI=1S/C30H32N4O/c35-30(32-22-25-7-6-17-31-21-25)15-12-24-10-13-27(14-11-24)34-23-26(28-8-2-3-9-29(28)34)16-20-33-18-4-1-5-19-33/h2-3,6-15,17,21,23H,1,4-5,16,18-20,22H2,(H,32,35)/b15-12+. The van der Waals surface area contributed by atoms with Gasteiger partial charge in [0.25, 0.3) is 0 Å². The van der Waals surface area contributed by atoms with Crippen molar-refractivity contribution < 1.29 is 4.79 Å². The molecule has 0 aliphatic carbocycles. The molecule has 3 heterocycles. The molecule has 2 aromatic carbocycles. The first-order valence-electron chi connectivity index (χ1n) is 12.5. The van der Waals surface area contributed by atoms with Crippen molar-refractivity contribution >= 4 is 22.9 Å². The van der Waals surface area contributed by atoms with E-state index in [9.17, 15) is 4.79 Å². The fourth-order valence-corrected chi connectivity index (χ4v) is 4.79. The molecule has 1 fully saturated rings. The topological polar surface area (TPSA) is 50.2 Å². The van der Waals surface area contributed by atoms with E-state index in [1.165, 1.54) is 48.8 Å². The third kappa shape index (κ3) is 5.87. The summed E-state index contributed by atoms with van der Waals surface area (Å²) in [5.74, 6) is -0.118. The number of fused-ring (bicyclic) bond motifs is 1. The largest absolute Gasteiger partial charge is 0.348 e. The summed E-state index contributed by atoms with van der Waals surface area (Å²) in [6, 6.07) is 20.8. The van der Waals surface area contributed by atoms with Crippen LogP contribution in [0.25, 0.3) is 22.7 Å². The van der Waals surface area contributed by atoms with Gasteiger partial charge in [-0.1, -0.05) is 42.8 Å². The minimum absolute atomic E-state index is 0.118. The molecule has 0 saturated carbocycles. The van der Waals surface area contributed by atoms with Gasteiger partial charge in [0.1, 0.15) is 0 Å². The van der Waals surface area contributed by atoms with Crippen molar-refractivity contribution in [1.82, 2.24) is 19.8 Å². The first kappa shape index (κ1) is 23.1. The Hall–Kier alpha value is -3.70. The number of amides is 1. The number of benzene rings is 2. The van der Waals surface area contributed by atoms with Crippen LogP contribution in [0.1, 0.15) is 36.0 Å². The summed E-state index contributed by atoms with van der Waals surface area (Å²) in [6.45, 7) is 4.06. The number of para-hydroxylation sites is 1. The van der Waals surface area contributed by atoms with Gasteiger partial charge in [-0.05, 0) is 79.4 Å². The Morgan fingerprint density at radius 3 is 2.60 bits per heavy atom. The van der Waals surface area contributed by atoms with Gasteiger partial charge < -0.3 is 14.8 Å². The lowest BCUT2D eigenvalue weighted by Crippen LogP contribution is -2.31. The summed E-state index contributed by atoms with van der Waals surface area (Å²) >= 11 is 0. The summed E-state index contributed by atoms with van der Waals surface area (Å²) in [7, 11) is 0. The van der Waals surface area contributed by atoms with Crippen LogP contribution in [-0.2, 0) is 17.8 Å². The monoisotopic (exact) mass is 464 g/mol. The van der Waals surface area contributed by atoms with Gasteiger partial charge >= 0.3 is 0 Å². The van der Waals surface area contributed by atoms with Crippen molar-refractivity contribution in [2.75, 3.05) is 19.6 Å². The smallest absolute Gasteiger partial charge is 0.244 e. The molecule has 0 bridgehead atoms. The van der Waals surface area contributed by atoms with Gasteiger partial charge in [0.2, 0.25) is 5.91 Å². The number of hydrogen-bond donors (Lipinski definition) is 1. The number of nitrogens with zero attached hydrogens (tertiary/aromatic N) is 3. The van der Waals surface area contributed by atoms with Gasteiger partial charge in [-0.25, -0.2) is 0 Å². The zero-order chi connectivity index (χ0) is 23.9. The predicted molar refractivity (Wildman–Crippen MR) is 142 cm³/mol. The van der Waals surface area contributed by atoms with E-state index in [1.807, 2.05) is 18.2 Å². The number of carbonyl (C=O) groups excluding carboxylic acids is 1. The second kappa shape index (κ2) is 11.2. The molecule has 5 heteroatoms. The van der Waals surface area contributed by atoms with Gasteiger partial charge in [0.05, 0.1) is 5.52 Å². The van der Waals surface area contributed by atoms with Crippen LogP contribution in [0.3, 0.4) is 0 Å². The number of nitrogens with one attached hydrogen (secondary N) is 1. The van der Waals surface area contributed by atoms with Crippen molar-refractivity contribution in [3.63, 3.8) is 0 Å². The molecule has 0 radical (unpaired) electrons. The molecule has 4 aromatic rings. The molecule has 178 valence electrons. The summed E-state index contributed by atoms with van der Waals surface area (Å²) < 4.78 is 2.29. The molecule has 2 aromatic heterocycles. The van der Waals surface area contributed by atoms with E-state index in [-0.39, 0.29) is 5.91 Å². The Morgan fingerprint density at radius 2 is 1.80 bits per heavy atom. The van der Waals surface area contributed by atoms with E-state index in [0.717, 1.165) is 29.8 Å². The molecule has 1 N–H and O–H groups in total. The van der Waals surface area contributed by atoms with Gasteiger partial charge in [0.15, 0.2) is 0 Å². The number of aromatic nitrogens is 2. The number of piperidine rings is 1. The second-order valence-corrected chi connectivity index (χ2v) is 9.20. The maximum atomic E-state index is 12.2. The molecule has 0 atom stereocenters. The highest BCUT2D eigenvalue weighted by Gasteiger charge is 2.13. The first-order valence-corrected chi connectivity index (χ1v) is 12.5. The highest BCUT2D eigenvalue weighted by atomic mass is 16.1. The van der Waals surface area contributed by atoms with E-state index in [1.54, 1.807) is 18.5 Å². The Kier molecular flexibility index (Phi) is 7.35. The van der Waals surface area contributed by atoms with Gasteiger partial charge in [0, 0.05) is 48.8 Å². The van der Waals surface area contributed by atoms with Gasteiger partial charge in [-0.15, -0.1) is 0 Å². The van der Waals surface area contributed by atoms with Crippen LogP contribution in [0.5, 0.6) is 0 Å². The zero-order valence-corrected chi connectivity index (χ0v) is 20.1. The number of rotatable bonds is 8. The predicted octanol–water partition coefficient (Wildman–Crippen LogP) is 5.38. The quantitative estimate of drug-likeness (QED) is 0.356. The minimum Gasteiger partial charge on any atom is -0.348 e. The molecule has 35 heavy (non-hydrogen) atoms. The Bertz CT molecular complexity index is 1290. The molecule has 1 saturated heterocycles. The number of pyridine rings is 1. The number of carbonyl (C=O) groups is 1. The summed E-state index contributed by atoms with van der Waals surface area (Å²) in [4.78, 5) is 18.8. The van der Waals surface area contributed by atoms with E-state index in [4.69, 9.17) is 0 Å². The van der Waals surface area contributed by atoms with Gasteiger partial charge in [-0.2, -0.15) is 0 Å². The maximum Gasteiger partial charge on any atom is 0.244 e. The van der Waals surface area contributed by atoms with Crippen LogP contribution in [0.2, 0.25) is 0 Å². The lowest BCUT2D eigenvalue weighted by atomic mass is 10.1. The van der Waals surface area contributed by atoms with E-state index >= 15 is 0 Å². The molecule has 1 aliphatic heterocycles. The fraction of sp³-hybridized carbons (Fsp3) is 0.267. The third-order valence-corrected chi connectivity index (χ3v) is 6.73. The highest BCUT2D eigenvalue weighted by Crippen LogP contribution is 2.26. The molecule has 5 rings (SSSR count). The Balaban J connectivity index is 1.26. The van der Waals surface area contributed by atoms with Crippen LogP contribution in [0, 0.1) is 0 Å². The van der Waals surface area contributed by atoms with Crippen molar-refractivity contribution in [3.8, 4) is 5.69 Å². The summed E-state index contributed by atoms with van der Waals surface area (Å²) in [5, 5.41) is 4.22. The van der Waals surface area contributed by atoms with Crippen LogP contribution in [0.15, 0.2) is 85.3 Å². The van der Waals surface area contributed by atoms with Crippen LogP contribution >= 0.6 is 0 Å². The molecular weight excluding hydrogens is 432 g/mol. The van der Waals surface area contributed by atoms with Crippen LogP contribution in [-0.4, -0.2) is 40.0 Å². The third-order valence-electron chi connectivity index (χ3n) is 6.73. The van der Waals surface area contributed by atoms with Crippen molar-refractivity contribution in [1.29, 1.82) is 0 Å². The maximum absolute atomic E-state index is 12.2. The summed E-state index contributed by atoms with van der Waals surface area (Å²) in [6.07, 6.45) is 14.3. The van der Waals surface area contributed by atoms with Crippen molar-refractivity contribution in [2.45, 2.75) is 32.2 Å². The second-order valence-electron chi connectivity index (χ2n) is 9.20. The molecule has 0 spiro atoms. The lowest BCUT2D eigenvalue weighted by Gasteiger charge is -2.26. The zero-order valence-electron chi connectivity index (χ0n) is 20.1. The van der Waals surface area contributed by atoms with Crippen LogP contribution < -0.4 is 5.32 Å². The van der Waals surface area contributed by atoms with E-state index in [2.05, 4.69) is 74.5 Å². The van der Waals surface area contributed by atoms with Crippen LogP contribution in [0.4, 0.5) is 0 Å². The Morgan fingerprint density at radius 1 is 0.971 bits per heavy atom. The first-order chi connectivity index (χ1) is 17.3. The average Bonchev–Trinajstić information content (AvgIpc) is 3.30. The lowest BCUT2D eigenvalue weighted by molar-refractivity contribution is -0.116. The molecule has 1 aliphatic rings. The number of hydrogen-bond acceptors (Lipinski definition) is 3. The Labute approximate surface area is 207 Å². The van der Waals surface area contributed by atoms with E-state index < -0.39 is 0 Å². The number of likely N-dealkylation sites (tertiary alicyclic amines) is 1.